The number of para-hydroxylation sites is 1. The number of carbonyl (C=O) groups is 3. The molecule has 1 aliphatic carbocycles. The zero-order valence-electron chi connectivity index (χ0n) is 16.7. The molecule has 9 heteroatoms. The minimum atomic E-state index is -1.24. The number of amides is 3. The lowest BCUT2D eigenvalue weighted by atomic mass is 10.0. The molecule has 2 heterocycles. The zero-order valence-corrected chi connectivity index (χ0v) is 16.7. The Morgan fingerprint density at radius 1 is 1.23 bits per heavy atom. The Morgan fingerprint density at radius 2 is 2.00 bits per heavy atom. The number of aromatic amines is 1. The van der Waals surface area contributed by atoms with Gasteiger partial charge in [-0.3, -0.25) is 14.4 Å². The van der Waals surface area contributed by atoms with E-state index in [-0.39, 0.29) is 18.4 Å². The quantitative estimate of drug-likeness (QED) is 0.338. The third-order valence-electron chi connectivity index (χ3n) is 6.01. The molecule has 2 aromatic rings. The Morgan fingerprint density at radius 3 is 2.67 bits per heavy atom. The molecular formula is C21H27N5O4. The highest BCUT2D eigenvalue weighted by Crippen LogP contribution is 2.40. The lowest BCUT2D eigenvalue weighted by Crippen LogP contribution is -2.58. The van der Waals surface area contributed by atoms with Gasteiger partial charge in [-0.15, -0.1) is 0 Å². The number of H-pyrrole nitrogens is 1. The summed E-state index contributed by atoms with van der Waals surface area (Å²) >= 11 is 0. The van der Waals surface area contributed by atoms with E-state index in [0.29, 0.717) is 12.0 Å². The number of fused-ring (bicyclic) bond motifs is 2. The van der Waals surface area contributed by atoms with Gasteiger partial charge in [0.2, 0.25) is 17.7 Å². The molecule has 160 valence electrons. The average molecular weight is 413 g/mol. The summed E-state index contributed by atoms with van der Waals surface area (Å²) in [5.41, 5.74) is 7.09. The van der Waals surface area contributed by atoms with Crippen LogP contribution in [-0.4, -0.2) is 58.1 Å². The predicted octanol–water partition coefficient (Wildman–Crippen LogP) is -0.703. The van der Waals surface area contributed by atoms with Crippen LogP contribution in [0.25, 0.3) is 10.9 Å². The summed E-state index contributed by atoms with van der Waals surface area (Å²) in [5.74, 6) is -1.11. The van der Waals surface area contributed by atoms with Crippen LogP contribution >= 0.6 is 0 Å². The van der Waals surface area contributed by atoms with Crippen LogP contribution in [0.15, 0.2) is 30.5 Å². The number of rotatable bonds is 8. The van der Waals surface area contributed by atoms with Crippen molar-refractivity contribution in [2.45, 2.75) is 56.5 Å². The van der Waals surface area contributed by atoms with Crippen LogP contribution in [0.1, 0.15) is 25.3 Å². The van der Waals surface area contributed by atoms with Crippen LogP contribution in [0.5, 0.6) is 0 Å². The first kappa shape index (κ1) is 20.4. The molecule has 0 radical (unpaired) electrons. The van der Waals surface area contributed by atoms with Crippen LogP contribution in [0.3, 0.4) is 0 Å². The smallest absolute Gasteiger partial charge is 0.243 e. The lowest BCUT2D eigenvalue weighted by Gasteiger charge is -2.24. The second-order valence-electron chi connectivity index (χ2n) is 8.31. The minimum Gasteiger partial charge on any atom is -0.391 e. The van der Waals surface area contributed by atoms with Gasteiger partial charge in [0.15, 0.2) is 0 Å². The van der Waals surface area contributed by atoms with E-state index in [4.69, 9.17) is 5.73 Å². The fourth-order valence-electron chi connectivity index (χ4n) is 4.21. The molecule has 2 aliphatic rings. The lowest BCUT2D eigenvalue weighted by molar-refractivity contribution is -0.133. The van der Waals surface area contributed by atoms with Crippen molar-refractivity contribution in [3.8, 4) is 0 Å². The molecule has 3 amide bonds. The van der Waals surface area contributed by atoms with E-state index in [1.807, 2.05) is 24.3 Å². The molecular weight excluding hydrogens is 386 g/mol. The van der Waals surface area contributed by atoms with Crippen LogP contribution in [0.2, 0.25) is 0 Å². The fraction of sp³-hybridized carbons (Fsp3) is 0.476. The molecule has 30 heavy (non-hydrogen) atoms. The number of aromatic nitrogens is 1. The average Bonchev–Trinajstić information content (AvgIpc) is 3.12. The van der Waals surface area contributed by atoms with E-state index >= 15 is 0 Å². The number of nitrogens with one attached hydrogen (secondary N) is 4. The highest BCUT2D eigenvalue weighted by molar-refractivity contribution is 5.94. The molecule has 6 atom stereocenters. The number of hydrogen-bond acceptors (Lipinski definition) is 5. The summed E-state index contributed by atoms with van der Waals surface area (Å²) in [6, 6.07) is 5.59. The van der Waals surface area contributed by atoms with Gasteiger partial charge in [-0.25, -0.2) is 0 Å². The van der Waals surface area contributed by atoms with E-state index < -0.39 is 30.0 Å². The van der Waals surface area contributed by atoms with Crippen molar-refractivity contribution in [1.29, 1.82) is 0 Å². The zero-order chi connectivity index (χ0) is 21.4. The monoisotopic (exact) mass is 413 g/mol. The van der Waals surface area contributed by atoms with Crippen LogP contribution in [0.4, 0.5) is 0 Å². The maximum Gasteiger partial charge on any atom is 0.243 e. The Bertz CT molecular complexity index is 961. The van der Waals surface area contributed by atoms with Gasteiger partial charge in [0.25, 0.3) is 0 Å². The number of benzene rings is 1. The van der Waals surface area contributed by atoms with E-state index in [9.17, 15) is 19.5 Å². The van der Waals surface area contributed by atoms with E-state index in [1.165, 1.54) is 6.92 Å². The van der Waals surface area contributed by atoms with Crippen molar-refractivity contribution >= 4 is 28.6 Å². The van der Waals surface area contributed by atoms with Crippen molar-refractivity contribution in [2.75, 3.05) is 0 Å². The van der Waals surface area contributed by atoms with Crippen LogP contribution < -0.4 is 21.7 Å². The van der Waals surface area contributed by atoms with Gasteiger partial charge in [0.05, 0.1) is 12.1 Å². The third-order valence-corrected chi connectivity index (χ3v) is 6.01. The number of nitrogens with two attached hydrogens (primary N) is 1. The van der Waals surface area contributed by atoms with Gasteiger partial charge < -0.3 is 31.8 Å². The standard InChI is InChI=1S/C21H27N5O4/c1-10(27)18(19(22)28)26-21(30)17(25-20(29)16-7-11-6-15(11)24-16)8-12-9-23-14-5-3-2-4-13(12)14/h2-5,9-11,15-18,23-24,27H,6-8H2,1H3,(H2,22,28)(H,25,29)(H,26,30)/t10-,11+,15+,16+,17+,18+/m1/s1. The topological polar surface area (TPSA) is 149 Å². The van der Waals surface area contributed by atoms with Crippen molar-refractivity contribution in [3.05, 3.63) is 36.0 Å². The van der Waals surface area contributed by atoms with Crippen LogP contribution in [0, 0.1) is 5.92 Å². The minimum absolute atomic E-state index is 0.229. The molecule has 2 fully saturated rings. The van der Waals surface area contributed by atoms with E-state index in [2.05, 4.69) is 20.9 Å². The van der Waals surface area contributed by atoms with Crippen LogP contribution in [-0.2, 0) is 20.8 Å². The summed E-state index contributed by atoms with van der Waals surface area (Å²) in [7, 11) is 0. The Hall–Kier alpha value is -2.91. The second kappa shape index (κ2) is 8.08. The summed E-state index contributed by atoms with van der Waals surface area (Å²) < 4.78 is 0. The number of aliphatic hydroxyl groups excluding tert-OH is 1. The SMILES string of the molecule is C[C@@H](O)[C@H](NC(=O)[C@H](Cc1c[nH]c2ccccc12)NC(=O)[C@@H]1C[C@@H]2C[C@@H]2N1)C(N)=O. The molecule has 7 N–H and O–H groups in total. The molecule has 0 spiro atoms. The summed E-state index contributed by atoms with van der Waals surface area (Å²) in [6.07, 6.45) is 2.74. The Labute approximate surface area is 173 Å². The third kappa shape index (κ3) is 4.17. The maximum atomic E-state index is 13.0. The molecule has 4 rings (SSSR count). The highest BCUT2D eigenvalue weighted by Gasteiger charge is 2.48. The second-order valence-corrected chi connectivity index (χ2v) is 8.31. The number of piperidine rings is 1. The largest absolute Gasteiger partial charge is 0.391 e. The maximum absolute atomic E-state index is 13.0. The van der Waals surface area contributed by atoms with E-state index in [1.54, 1.807) is 6.20 Å². The first-order valence-electron chi connectivity index (χ1n) is 10.2. The van der Waals surface area contributed by atoms with Crippen molar-refractivity contribution in [1.82, 2.24) is 20.9 Å². The summed E-state index contributed by atoms with van der Waals surface area (Å²) in [5, 5.41) is 19.3. The van der Waals surface area contributed by atoms with Gasteiger partial charge in [-0.05, 0) is 37.3 Å². The first-order valence-corrected chi connectivity index (χ1v) is 10.2. The van der Waals surface area contributed by atoms with Gasteiger partial charge in [-0.2, -0.15) is 0 Å². The van der Waals surface area contributed by atoms with Crippen molar-refractivity contribution in [2.24, 2.45) is 11.7 Å². The predicted molar refractivity (Wildman–Crippen MR) is 110 cm³/mol. The molecule has 1 saturated heterocycles. The Balaban J connectivity index is 1.52. The molecule has 9 nitrogen and oxygen atoms in total. The highest BCUT2D eigenvalue weighted by atomic mass is 16.3. The molecule has 0 bridgehead atoms. The summed E-state index contributed by atoms with van der Waals surface area (Å²) in [4.78, 5) is 40.5. The summed E-state index contributed by atoms with van der Waals surface area (Å²) in [6.45, 7) is 1.37. The van der Waals surface area contributed by atoms with E-state index in [0.717, 1.165) is 29.3 Å². The molecule has 1 aliphatic heterocycles. The molecule has 1 aromatic heterocycles. The molecule has 1 saturated carbocycles. The Kier molecular flexibility index (Phi) is 5.48. The molecule has 0 unspecified atom stereocenters. The molecule has 1 aromatic carbocycles. The van der Waals surface area contributed by atoms with Crippen molar-refractivity contribution in [3.63, 3.8) is 0 Å². The first-order chi connectivity index (χ1) is 14.3. The number of hydrogen-bond donors (Lipinski definition) is 6. The van der Waals surface area contributed by atoms with Gasteiger partial charge in [-0.1, -0.05) is 18.2 Å². The van der Waals surface area contributed by atoms with Crippen molar-refractivity contribution < 1.29 is 19.5 Å². The number of primary amides is 1. The number of carbonyl (C=O) groups excluding carboxylic acids is 3. The normalized spacial score (nSPS) is 25.2. The fourth-order valence-corrected chi connectivity index (χ4v) is 4.21. The number of aliphatic hydroxyl groups is 1. The van der Waals surface area contributed by atoms with Gasteiger partial charge in [0, 0.05) is 29.6 Å². The van der Waals surface area contributed by atoms with Gasteiger partial charge >= 0.3 is 0 Å². The van der Waals surface area contributed by atoms with Gasteiger partial charge in [0.1, 0.15) is 12.1 Å².